The first-order valence-corrected chi connectivity index (χ1v) is 9.05. The van der Waals surface area contributed by atoms with Crippen molar-refractivity contribution in [1.29, 1.82) is 0 Å². The van der Waals surface area contributed by atoms with Crippen molar-refractivity contribution >= 4 is 23.3 Å². The third-order valence-corrected chi connectivity index (χ3v) is 4.92. The van der Waals surface area contributed by atoms with Crippen LogP contribution in [0.15, 0.2) is 36.7 Å². The summed E-state index contributed by atoms with van der Waals surface area (Å²) in [5.41, 5.74) is 3.07. The molecule has 2 aromatic heterocycles. The molecule has 1 N–H and O–H groups in total. The molecule has 1 amide bonds. The summed E-state index contributed by atoms with van der Waals surface area (Å²) in [5, 5.41) is 12.4. The number of carbonyl (C=O) groups excluding carboxylic acids is 1. The van der Waals surface area contributed by atoms with Crippen molar-refractivity contribution in [2.45, 2.75) is 33.2 Å². The highest BCUT2D eigenvalue weighted by Crippen LogP contribution is 2.32. The summed E-state index contributed by atoms with van der Waals surface area (Å²) in [6.07, 6.45) is 5.85. The Morgan fingerprint density at radius 1 is 1.27 bits per heavy atom. The molecule has 2 heterocycles. The molecule has 1 aliphatic rings. The number of carbonyl (C=O) groups is 1. The van der Waals surface area contributed by atoms with Gasteiger partial charge < -0.3 is 5.32 Å². The third kappa shape index (κ3) is 3.24. The van der Waals surface area contributed by atoms with Crippen molar-refractivity contribution < 1.29 is 4.79 Å². The molecule has 0 radical (unpaired) electrons. The largest absolute Gasteiger partial charge is 0.306 e. The van der Waals surface area contributed by atoms with E-state index in [0.717, 1.165) is 29.3 Å². The lowest BCUT2D eigenvalue weighted by atomic mass is 10.2. The fourth-order valence-corrected chi connectivity index (χ4v) is 3.19. The average Bonchev–Trinajstić information content (AvgIpc) is 3.26. The molecule has 4 rings (SSSR count). The number of benzene rings is 1. The number of hydrogen-bond donors (Lipinski definition) is 1. The number of aromatic nitrogens is 4. The third-order valence-electron chi connectivity index (χ3n) is 4.69. The number of anilines is 1. The van der Waals surface area contributed by atoms with Gasteiger partial charge in [0.25, 0.3) is 5.91 Å². The maximum Gasteiger partial charge on any atom is 0.260 e. The highest BCUT2D eigenvalue weighted by molar-refractivity contribution is 6.30. The van der Waals surface area contributed by atoms with Gasteiger partial charge in [-0.1, -0.05) is 17.7 Å². The van der Waals surface area contributed by atoms with E-state index in [1.54, 1.807) is 23.1 Å². The van der Waals surface area contributed by atoms with E-state index in [9.17, 15) is 4.79 Å². The zero-order chi connectivity index (χ0) is 18.3. The molecule has 0 atom stereocenters. The molecule has 0 spiro atoms. The van der Waals surface area contributed by atoms with Crippen molar-refractivity contribution in [3.8, 4) is 5.69 Å². The number of nitrogens with zero attached hydrogens (tertiary/aromatic N) is 4. The van der Waals surface area contributed by atoms with Crippen molar-refractivity contribution in [3.05, 3.63) is 58.5 Å². The lowest BCUT2D eigenvalue weighted by Crippen LogP contribution is -2.17. The van der Waals surface area contributed by atoms with Gasteiger partial charge in [-0.25, -0.2) is 9.36 Å². The molecule has 7 heteroatoms. The number of aryl methyl sites for hydroxylation is 1. The van der Waals surface area contributed by atoms with E-state index in [1.165, 1.54) is 12.8 Å². The number of nitrogens with one attached hydrogen (secondary N) is 1. The van der Waals surface area contributed by atoms with E-state index < -0.39 is 0 Å². The van der Waals surface area contributed by atoms with Gasteiger partial charge in [0.15, 0.2) is 0 Å². The van der Waals surface area contributed by atoms with Crippen molar-refractivity contribution in [2.75, 3.05) is 5.32 Å². The topological polar surface area (TPSA) is 64.7 Å². The zero-order valence-electron chi connectivity index (χ0n) is 14.7. The molecule has 0 aliphatic heterocycles. The average molecular weight is 370 g/mol. The summed E-state index contributed by atoms with van der Waals surface area (Å²) >= 11 is 6.06. The van der Waals surface area contributed by atoms with Crippen molar-refractivity contribution in [2.24, 2.45) is 5.92 Å². The predicted molar refractivity (Wildman–Crippen MR) is 101 cm³/mol. The van der Waals surface area contributed by atoms with Crippen LogP contribution in [0.4, 0.5) is 5.82 Å². The molecule has 6 nitrogen and oxygen atoms in total. The quantitative estimate of drug-likeness (QED) is 0.739. The normalized spacial score (nSPS) is 13.8. The highest BCUT2D eigenvalue weighted by Gasteiger charge is 2.24. The van der Waals surface area contributed by atoms with Crippen LogP contribution in [0.3, 0.4) is 0 Å². The van der Waals surface area contributed by atoms with Gasteiger partial charge >= 0.3 is 0 Å². The van der Waals surface area contributed by atoms with Gasteiger partial charge in [0, 0.05) is 17.1 Å². The van der Waals surface area contributed by atoms with Crippen LogP contribution in [0.25, 0.3) is 5.69 Å². The molecule has 1 fully saturated rings. The van der Waals surface area contributed by atoms with Gasteiger partial charge in [-0.2, -0.15) is 10.2 Å². The fourth-order valence-electron chi connectivity index (χ4n) is 3.00. The summed E-state index contributed by atoms with van der Waals surface area (Å²) in [7, 11) is 0. The molecule has 1 aliphatic carbocycles. The molecule has 26 heavy (non-hydrogen) atoms. The van der Waals surface area contributed by atoms with Crippen molar-refractivity contribution in [3.63, 3.8) is 0 Å². The summed E-state index contributed by atoms with van der Waals surface area (Å²) in [6, 6.07) is 7.39. The number of rotatable bonds is 5. The van der Waals surface area contributed by atoms with Gasteiger partial charge in [-0.15, -0.1) is 0 Å². The van der Waals surface area contributed by atoms with Crippen LogP contribution in [-0.2, 0) is 6.54 Å². The Kier molecular flexibility index (Phi) is 4.28. The van der Waals surface area contributed by atoms with Crippen LogP contribution in [0, 0.1) is 19.8 Å². The Morgan fingerprint density at radius 3 is 2.81 bits per heavy atom. The smallest absolute Gasteiger partial charge is 0.260 e. The minimum absolute atomic E-state index is 0.184. The summed E-state index contributed by atoms with van der Waals surface area (Å²) in [5.74, 6) is 1.26. The van der Waals surface area contributed by atoms with E-state index in [-0.39, 0.29) is 5.91 Å². The first kappa shape index (κ1) is 16.8. The Labute approximate surface area is 156 Å². The van der Waals surface area contributed by atoms with E-state index >= 15 is 0 Å². The first-order chi connectivity index (χ1) is 12.5. The SMILES string of the molecule is Cc1cnn(CC2CC2)c1NC(=O)c1cnn(-c2cccc(Cl)c2)c1C. The van der Waals surface area contributed by atoms with Crippen LogP contribution in [0.1, 0.15) is 34.5 Å². The van der Waals surface area contributed by atoms with Gasteiger partial charge in [0.1, 0.15) is 5.82 Å². The predicted octanol–water partition coefficient (Wildman–Crippen LogP) is 4.00. The minimum atomic E-state index is -0.184. The lowest BCUT2D eigenvalue weighted by molar-refractivity contribution is 0.102. The van der Waals surface area contributed by atoms with E-state index in [4.69, 9.17) is 11.6 Å². The Hall–Kier alpha value is -2.60. The zero-order valence-corrected chi connectivity index (χ0v) is 15.5. The second kappa shape index (κ2) is 6.61. The molecule has 1 saturated carbocycles. The summed E-state index contributed by atoms with van der Waals surface area (Å²) < 4.78 is 3.61. The molecule has 134 valence electrons. The van der Waals surface area contributed by atoms with Gasteiger partial charge in [0.05, 0.1) is 29.3 Å². The molecular weight excluding hydrogens is 350 g/mol. The summed E-state index contributed by atoms with van der Waals surface area (Å²) in [6.45, 7) is 4.68. The maximum absolute atomic E-state index is 12.8. The van der Waals surface area contributed by atoms with Crippen LogP contribution in [0.2, 0.25) is 5.02 Å². The number of amides is 1. The van der Waals surface area contributed by atoms with Crippen LogP contribution in [-0.4, -0.2) is 25.5 Å². The maximum atomic E-state index is 12.8. The fraction of sp³-hybridized carbons (Fsp3) is 0.316. The van der Waals surface area contributed by atoms with Gasteiger partial charge in [-0.3, -0.25) is 4.79 Å². The second-order valence-electron chi connectivity index (χ2n) is 6.79. The number of halogens is 1. The Bertz CT molecular complexity index is 970. The van der Waals surface area contributed by atoms with Crippen LogP contribution in [0.5, 0.6) is 0 Å². The minimum Gasteiger partial charge on any atom is -0.306 e. The van der Waals surface area contributed by atoms with Gasteiger partial charge in [-0.05, 0) is 50.8 Å². The second-order valence-corrected chi connectivity index (χ2v) is 7.23. The van der Waals surface area contributed by atoms with Crippen LogP contribution < -0.4 is 5.32 Å². The highest BCUT2D eigenvalue weighted by atomic mass is 35.5. The van der Waals surface area contributed by atoms with Gasteiger partial charge in [0.2, 0.25) is 0 Å². The van der Waals surface area contributed by atoms with Crippen molar-refractivity contribution in [1.82, 2.24) is 19.6 Å². The molecule has 3 aromatic rings. The molecular formula is C19H20ClN5O. The molecule has 0 saturated heterocycles. The van der Waals surface area contributed by atoms with Crippen LogP contribution >= 0.6 is 11.6 Å². The summed E-state index contributed by atoms with van der Waals surface area (Å²) in [4.78, 5) is 12.8. The monoisotopic (exact) mass is 369 g/mol. The van der Waals surface area contributed by atoms with E-state index in [1.807, 2.05) is 36.7 Å². The molecule has 0 unspecified atom stereocenters. The number of hydrogen-bond acceptors (Lipinski definition) is 3. The first-order valence-electron chi connectivity index (χ1n) is 8.67. The van der Waals surface area contributed by atoms with E-state index in [0.29, 0.717) is 16.5 Å². The Balaban J connectivity index is 1.59. The van der Waals surface area contributed by atoms with E-state index in [2.05, 4.69) is 15.5 Å². The lowest BCUT2D eigenvalue weighted by Gasteiger charge is -2.10. The Morgan fingerprint density at radius 2 is 2.08 bits per heavy atom. The molecule has 1 aromatic carbocycles. The molecule has 0 bridgehead atoms. The standard InChI is InChI=1S/C19H20ClN5O/c1-12-9-21-24(11-14-6-7-14)18(12)23-19(26)17-10-22-25(13(17)2)16-5-3-4-15(20)8-16/h3-5,8-10,14H,6-7,11H2,1-2H3,(H,23,26).